The monoisotopic (exact) mass is 334 g/mol. The van der Waals surface area contributed by atoms with E-state index in [0.29, 0.717) is 6.07 Å². The fraction of sp³-hybridized carbons (Fsp3) is 0.250. The van der Waals surface area contributed by atoms with Crippen LogP contribution >= 0.6 is 31.9 Å². The molecule has 0 aliphatic carbocycles. The summed E-state index contributed by atoms with van der Waals surface area (Å²) in [5, 5.41) is 0. The van der Waals surface area contributed by atoms with Crippen molar-refractivity contribution in [3.63, 3.8) is 0 Å². The van der Waals surface area contributed by atoms with Crippen molar-refractivity contribution < 1.29 is 17.6 Å². The van der Waals surface area contributed by atoms with Crippen LogP contribution in [0.4, 0.5) is 17.6 Å². The molecule has 0 N–H and O–H groups in total. The standard InChI is InChI=1S/C8H4Br2F4/c9-7(10)4-1-5(8(12,13)14)3-6(11)2-4/h1-3,7H. The lowest BCUT2D eigenvalue weighted by molar-refractivity contribution is -0.137. The Kier molecular flexibility index (Phi) is 3.58. The van der Waals surface area contributed by atoms with Crippen LogP contribution in [-0.4, -0.2) is 0 Å². The smallest absolute Gasteiger partial charge is 0.207 e. The molecule has 1 aromatic carbocycles. The van der Waals surface area contributed by atoms with Gasteiger partial charge in [0.15, 0.2) is 0 Å². The van der Waals surface area contributed by atoms with Crippen LogP contribution in [0.1, 0.15) is 14.9 Å². The van der Waals surface area contributed by atoms with Gasteiger partial charge in [-0.25, -0.2) is 4.39 Å². The number of halogens is 6. The highest BCUT2D eigenvalue weighted by Gasteiger charge is 2.31. The molecule has 0 aliphatic heterocycles. The molecule has 0 unspecified atom stereocenters. The molecule has 0 spiro atoms. The zero-order valence-electron chi connectivity index (χ0n) is 6.58. The summed E-state index contributed by atoms with van der Waals surface area (Å²) in [6.45, 7) is 0. The second-order valence-corrected chi connectivity index (χ2v) is 5.63. The Bertz CT molecular complexity index is 333. The Labute approximate surface area is 94.6 Å². The molecule has 1 aromatic rings. The van der Waals surface area contributed by atoms with Gasteiger partial charge in [0.2, 0.25) is 0 Å². The Morgan fingerprint density at radius 2 is 1.64 bits per heavy atom. The van der Waals surface area contributed by atoms with Gasteiger partial charge in [-0.15, -0.1) is 0 Å². The van der Waals surface area contributed by atoms with Crippen molar-refractivity contribution >= 4 is 31.9 Å². The minimum absolute atomic E-state index is 0.192. The largest absolute Gasteiger partial charge is 0.416 e. The van der Waals surface area contributed by atoms with Crippen molar-refractivity contribution in [2.75, 3.05) is 0 Å². The number of hydrogen-bond donors (Lipinski definition) is 0. The minimum atomic E-state index is -4.52. The SMILES string of the molecule is Fc1cc(C(Br)Br)cc(C(F)(F)F)c1. The maximum Gasteiger partial charge on any atom is 0.416 e. The maximum absolute atomic E-state index is 12.8. The van der Waals surface area contributed by atoms with Crippen LogP contribution in [0.5, 0.6) is 0 Å². The van der Waals surface area contributed by atoms with Crippen LogP contribution in [0.2, 0.25) is 0 Å². The Morgan fingerprint density at radius 3 is 2.07 bits per heavy atom. The fourth-order valence-electron chi connectivity index (χ4n) is 0.902. The Morgan fingerprint density at radius 1 is 1.07 bits per heavy atom. The van der Waals surface area contributed by atoms with Gasteiger partial charge in [-0.1, -0.05) is 31.9 Å². The van der Waals surface area contributed by atoms with Crippen molar-refractivity contribution in [3.05, 3.63) is 35.1 Å². The third-order valence-corrected chi connectivity index (χ3v) is 2.56. The van der Waals surface area contributed by atoms with E-state index in [-0.39, 0.29) is 5.56 Å². The van der Waals surface area contributed by atoms with E-state index in [4.69, 9.17) is 0 Å². The molecule has 0 amide bonds. The summed E-state index contributed by atoms with van der Waals surface area (Å²) in [7, 11) is 0. The first kappa shape index (κ1) is 12.0. The molecule has 1 rings (SSSR count). The van der Waals surface area contributed by atoms with Crippen molar-refractivity contribution in [1.82, 2.24) is 0 Å². The lowest BCUT2D eigenvalue weighted by atomic mass is 10.1. The van der Waals surface area contributed by atoms with Gasteiger partial charge in [-0.05, 0) is 23.8 Å². The van der Waals surface area contributed by atoms with Gasteiger partial charge >= 0.3 is 6.18 Å². The highest BCUT2D eigenvalue weighted by Crippen LogP contribution is 2.35. The topological polar surface area (TPSA) is 0 Å². The first-order chi connectivity index (χ1) is 6.30. The van der Waals surface area contributed by atoms with Crippen LogP contribution < -0.4 is 0 Å². The molecule has 0 saturated heterocycles. The number of benzene rings is 1. The quantitative estimate of drug-likeness (QED) is 0.518. The van der Waals surface area contributed by atoms with E-state index in [9.17, 15) is 17.6 Å². The van der Waals surface area contributed by atoms with E-state index in [1.54, 1.807) is 0 Å². The number of rotatable bonds is 1. The minimum Gasteiger partial charge on any atom is -0.207 e. The summed E-state index contributed by atoms with van der Waals surface area (Å²) < 4.78 is 48.9. The van der Waals surface area contributed by atoms with Crippen LogP contribution in [-0.2, 0) is 6.18 Å². The summed E-state index contributed by atoms with van der Waals surface area (Å²) in [5.74, 6) is -0.904. The van der Waals surface area contributed by atoms with Gasteiger partial charge in [0.05, 0.1) is 9.30 Å². The number of hydrogen-bond acceptors (Lipinski definition) is 0. The third-order valence-electron chi connectivity index (χ3n) is 1.50. The van der Waals surface area contributed by atoms with Crippen LogP contribution in [0, 0.1) is 5.82 Å². The zero-order valence-corrected chi connectivity index (χ0v) is 9.75. The van der Waals surface area contributed by atoms with Crippen molar-refractivity contribution in [1.29, 1.82) is 0 Å². The second-order valence-electron chi connectivity index (χ2n) is 2.57. The highest BCUT2D eigenvalue weighted by molar-refractivity contribution is 9.24. The highest BCUT2D eigenvalue weighted by atomic mass is 79.9. The lowest BCUT2D eigenvalue weighted by Gasteiger charge is -2.09. The van der Waals surface area contributed by atoms with E-state index >= 15 is 0 Å². The molecule has 0 radical (unpaired) electrons. The van der Waals surface area contributed by atoms with Crippen molar-refractivity contribution in [3.8, 4) is 0 Å². The molecular weight excluding hydrogens is 332 g/mol. The normalized spacial score (nSPS) is 12.2. The van der Waals surface area contributed by atoms with Crippen LogP contribution in [0.15, 0.2) is 18.2 Å². The second kappa shape index (κ2) is 4.18. The van der Waals surface area contributed by atoms with Gasteiger partial charge < -0.3 is 0 Å². The molecule has 14 heavy (non-hydrogen) atoms. The molecule has 0 bridgehead atoms. The van der Waals surface area contributed by atoms with Gasteiger partial charge in [-0.2, -0.15) is 13.2 Å². The predicted octanol–water partition coefficient (Wildman–Crippen LogP) is 4.63. The summed E-state index contributed by atoms with van der Waals surface area (Å²) in [6.07, 6.45) is -4.52. The Hall–Kier alpha value is -0.100. The first-order valence-corrected chi connectivity index (χ1v) is 5.29. The average molecular weight is 336 g/mol. The van der Waals surface area contributed by atoms with E-state index in [1.165, 1.54) is 0 Å². The molecule has 78 valence electrons. The van der Waals surface area contributed by atoms with Crippen molar-refractivity contribution in [2.24, 2.45) is 0 Å². The molecule has 0 nitrogen and oxygen atoms in total. The molecule has 0 saturated carbocycles. The average Bonchev–Trinajstić information content (AvgIpc) is 2.01. The van der Waals surface area contributed by atoms with E-state index < -0.39 is 21.3 Å². The molecule has 0 aliphatic rings. The molecular formula is C8H4Br2F4. The third kappa shape index (κ3) is 2.95. The molecule has 0 fully saturated rings. The fourth-order valence-corrected chi connectivity index (χ4v) is 1.43. The van der Waals surface area contributed by atoms with E-state index in [2.05, 4.69) is 31.9 Å². The van der Waals surface area contributed by atoms with Gasteiger partial charge in [0.1, 0.15) is 5.82 Å². The molecule has 0 aromatic heterocycles. The van der Waals surface area contributed by atoms with E-state index in [1.807, 2.05) is 0 Å². The van der Waals surface area contributed by atoms with E-state index in [0.717, 1.165) is 12.1 Å². The summed E-state index contributed by atoms with van der Waals surface area (Å²) in [6, 6.07) is 2.38. The molecule has 0 heterocycles. The lowest BCUT2D eigenvalue weighted by Crippen LogP contribution is -2.06. The summed E-state index contributed by atoms with van der Waals surface area (Å²) in [5.41, 5.74) is -0.797. The number of alkyl halides is 5. The van der Waals surface area contributed by atoms with Crippen molar-refractivity contribution in [2.45, 2.75) is 9.91 Å². The molecule has 6 heteroatoms. The maximum atomic E-state index is 12.8. The van der Waals surface area contributed by atoms with Crippen LogP contribution in [0.25, 0.3) is 0 Å². The predicted molar refractivity (Wildman–Crippen MR) is 52.0 cm³/mol. The zero-order chi connectivity index (χ0) is 10.9. The summed E-state index contributed by atoms with van der Waals surface area (Å²) >= 11 is 6.00. The van der Waals surface area contributed by atoms with Gasteiger partial charge in [-0.3, -0.25) is 0 Å². The summed E-state index contributed by atoms with van der Waals surface area (Å²) in [4.78, 5) is 0. The Balaban J connectivity index is 3.21. The van der Waals surface area contributed by atoms with Gasteiger partial charge in [0, 0.05) is 0 Å². The van der Waals surface area contributed by atoms with Gasteiger partial charge in [0.25, 0.3) is 0 Å². The molecule has 0 atom stereocenters. The first-order valence-electron chi connectivity index (χ1n) is 3.46. The van der Waals surface area contributed by atoms with Crippen LogP contribution in [0.3, 0.4) is 0 Å².